The second kappa shape index (κ2) is 7.28. The summed E-state index contributed by atoms with van der Waals surface area (Å²) in [5, 5.41) is -0.207. The Bertz CT molecular complexity index is 95.7. The third kappa shape index (κ3) is 6.29. The average molecular weight is 180 g/mol. The average Bonchev–Trinajstić information content (AvgIpc) is 1.98. The highest BCUT2D eigenvalue weighted by molar-refractivity contribution is 8.82. The number of hydrogen-bond donors (Lipinski definition) is 0. The van der Waals surface area contributed by atoms with Crippen molar-refractivity contribution in [3.63, 3.8) is 0 Å². The Balaban J connectivity index is 2.96. The second-order valence-electron chi connectivity index (χ2n) is 1.71. The van der Waals surface area contributed by atoms with Gasteiger partial charge in [-0.3, -0.25) is 0 Å². The number of carbonyl (C=O) groups is 1. The van der Waals surface area contributed by atoms with Crippen LogP contribution in [0.25, 0.3) is 0 Å². The van der Waals surface area contributed by atoms with Gasteiger partial charge in [0.05, 0.1) is 7.11 Å². The van der Waals surface area contributed by atoms with E-state index in [0.717, 1.165) is 12.2 Å². The molecule has 0 radical (unpaired) electrons. The number of unbranched alkanes of at least 4 members (excludes halogenated alkanes) is 1. The van der Waals surface area contributed by atoms with Crippen molar-refractivity contribution in [1.82, 2.24) is 0 Å². The molecule has 0 aromatic heterocycles. The van der Waals surface area contributed by atoms with E-state index in [-0.39, 0.29) is 5.30 Å². The van der Waals surface area contributed by atoms with Gasteiger partial charge in [0.2, 0.25) is 0 Å². The van der Waals surface area contributed by atoms with Gasteiger partial charge < -0.3 is 4.74 Å². The van der Waals surface area contributed by atoms with Crippen molar-refractivity contribution in [2.45, 2.75) is 19.8 Å². The van der Waals surface area contributed by atoms with Gasteiger partial charge >= 0.3 is 5.30 Å². The molecule has 0 aliphatic rings. The molecule has 60 valence electrons. The third-order valence-electron chi connectivity index (χ3n) is 0.875. The molecule has 0 aliphatic heterocycles. The predicted octanol–water partition coefficient (Wildman–Crippen LogP) is 2.93. The highest BCUT2D eigenvalue weighted by Crippen LogP contribution is 2.23. The van der Waals surface area contributed by atoms with Crippen LogP contribution in [0.4, 0.5) is 4.79 Å². The lowest BCUT2D eigenvalue weighted by Gasteiger charge is -1.95. The fourth-order valence-corrected chi connectivity index (χ4v) is 2.08. The normalized spacial score (nSPS) is 9.40. The molecular weight excluding hydrogens is 168 g/mol. The number of carbonyl (C=O) groups excluding carboxylic acids is 1. The summed E-state index contributed by atoms with van der Waals surface area (Å²) in [5.74, 6) is 1.02. The number of ether oxygens (including phenoxy) is 1. The van der Waals surface area contributed by atoms with Gasteiger partial charge in [0.1, 0.15) is 0 Å². The maximum Gasteiger partial charge on any atom is 0.377 e. The molecule has 0 rings (SSSR count). The predicted molar refractivity (Wildman–Crippen MR) is 47.4 cm³/mol. The summed E-state index contributed by atoms with van der Waals surface area (Å²) < 4.78 is 4.43. The molecule has 0 aromatic rings. The monoisotopic (exact) mass is 180 g/mol. The minimum atomic E-state index is -0.207. The van der Waals surface area contributed by atoms with Crippen LogP contribution in [-0.2, 0) is 4.74 Å². The lowest BCUT2D eigenvalue weighted by molar-refractivity contribution is 0.200. The minimum absolute atomic E-state index is 0.207. The van der Waals surface area contributed by atoms with Crippen molar-refractivity contribution < 1.29 is 9.53 Å². The molecule has 0 fully saturated rings. The number of methoxy groups -OCH3 is 1. The smallest absolute Gasteiger partial charge is 0.377 e. The molecule has 10 heavy (non-hydrogen) atoms. The lowest BCUT2D eigenvalue weighted by Crippen LogP contribution is -1.87. The Kier molecular flexibility index (Phi) is 7.40. The zero-order valence-electron chi connectivity index (χ0n) is 6.25. The third-order valence-corrected chi connectivity index (χ3v) is 3.01. The van der Waals surface area contributed by atoms with E-state index in [2.05, 4.69) is 11.7 Å². The van der Waals surface area contributed by atoms with Gasteiger partial charge in [-0.2, -0.15) is 0 Å². The van der Waals surface area contributed by atoms with E-state index in [1.807, 2.05) is 0 Å². The number of rotatable bonds is 4. The molecule has 0 heterocycles. The molecule has 0 aliphatic carbocycles. The molecule has 0 spiro atoms. The van der Waals surface area contributed by atoms with Crippen molar-refractivity contribution in [3.05, 3.63) is 0 Å². The maximum absolute atomic E-state index is 10.5. The van der Waals surface area contributed by atoms with Gasteiger partial charge in [-0.15, -0.1) is 0 Å². The molecule has 0 N–H and O–H groups in total. The quantitative estimate of drug-likeness (QED) is 0.377. The molecule has 0 unspecified atom stereocenters. The first-order valence-electron chi connectivity index (χ1n) is 3.18. The highest BCUT2D eigenvalue weighted by atomic mass is 33.1. The van der Waals surface area contributed by atoms with E-state index in [0.29, 0.717) is 0 Å². The summed E-state index contributed by atoms with van der Waals surface area (Å²) in [6.07, 6.45) is 2.34. The molecule has 0 saturated heterocycles. The fourth-order valence-electron chi connectivity index (χ4n) is 0.327. The van der Waals surface area contributed by atoms with Crippen LogP contribution in [0.15, 0.2) is 0 Å². The van der Waals surface area contributed by atoms with Crippen molar-refractivity contribution in [2.75, 3.05) is 12.9 Å². The first kappa shape index (κ1) is 10.2. The van der Waals surface area contributed by atoms with Crippen molar-refractivity contribution in [1.29, 1.82) is 0 Å². The van der Waals surface area contributed by atoms with Crippen LogP contribution in [0.3, 0.4) is 0 Å². The van der Waals surface area contributed by atoms with Crippen LogP contribution >= 0.6 is 21.6 Å². The largest absolute Gasteiger partial charge is 0.460 e. The van der Waals surface area contributed by atoms with Gasteiger partial charge in [-0.05, 0) is 6.42 Å². The van der Waals surface area contributed by atoms with Gasteiger partial charge in [-0.25, -0.2) is 4.79 Å². The van der Waals surface area contributed by atoms with E-state index < -0.39 is 0 Å². The minimum Gasteiger partial charge on any atom is -0.460 e. The number of hydrogen-bond acceptors (Lipinski definition) is 4. The van der Waals surface area contributed by atoms with Gasteiger partial charge in [0.15, 0.2) is 0 Å². The second-order valence-corrected chi connectivity index (χ2v) is 4.06. The maximum atomic E-state index is 10.5. The molecule has 0 saturated carbocycles. The van der Waals surface area contributed by atoms with E-state index >= 15 is 0 Å². The summed E-state index contributed by atoms with van der Waals surface area (Å²) in [6.45, 7) is 2.13. The molecule has 0 bridgehead atoms. The standard InChI is InChI=1S/C6H12O2S2/c1-3-4-5-9-10-6(7)8-2/h3-5H2,1-2H3. The summed E-state index contributed by atoms with van der Waals surface area (Å²) in [6, 6.07) is 0. The van der Waals surface area contributed by atoms with Crippen LogP contribution in [0.2, 0.25) is 0 Å². The Labute approximate surface area is 69.5 Å². The molecular formula is C6H12O2S2. The van der Waals surface area contributed by atoms with Crippen molar-refractivity contribution in [3.8, 4) is 0 Å². The zero-order chi connectivity index (χ0) is 7.82. The van der Waals surface area contributed by atoms with Crippen LogP contribution in [-0.4, -0.2) is 18.2 Å². The fraction of sp³-hybridized carbons (Fsp3) is 0.833. The first-order valence-corrected chi connectivity index (χ1v) is 5.50. The van der Waals surface area contributed by atoms with Gasteiger partial charge in [0, 0.05) is 16.5 Å². The SMILES string of the molecule is CCCCSSC(=O)OC. The zero-order valence-corrected chi connectivity index (χ0v) is 7.89. The van der Waals surface area contributed by atoms with Gasteiger partial charge in [-0.1, -0.05) is 24.1 Å². The Morgan fingerprint density at radius 3 is 2.80 bits per heavy atom. The highest BCUT2D eigenvalue weighted by Gasteiger charge is 1.99. The summed E-state index contributed by atoms with van der Waals surface area (Å²) in [7, 11) is 4.12. The van der Waals surface area contributed by atoms with E-state index in [1.165, 1.54) is 24.3 Å². The lowest BCUT2D eigenvalue weighted by atomic mass is 10.4. The van der Waals surface area contributed by atoms with E-state index in [4.69, 9.17) is 0 Å². The summed E-state index contributed by atoms with van der Waals surface area (Å²) >= 11 is 0. The summed E-state index contributed by atoms with van der Waals surface area (Å²) in [5.41, 5.74) is 0. The molecule has 0 aromatic carbocycles. The summed E-state index contributed by atoms with van der Waals surface area (Å²) in [4.78, 5) is 10.5. The van der Waals surface area contributed by atoms with E-state index in [1.54, 1.807) is 10.8 Å². The Hall–Kier alpha value is 0.170. The molecule has 0 amide bonds. The van der Waals surface area contributed by atoms with Crippen molar-refractivity contribution >= 4 is 26.9 Å². The topological polar surface area (TPSA) is 26.3 Å². The van der Waals surface area contributed by atoms with Gasteiger partial charge in [0.25, 0.3) is 0 Å². The molecule has 2 nitrogen and oxygen atoms in total. The van der Waals surface area contributed by atoms with Crippen LogP contribution < -0.4 is 0 Å². The van der Waals surface area contributed by atoms with E-state index in [9.17, 15) is 4.79 Å². The molecule has 0 atom stereocenters. The molecule has 4 heteroatoms. The Morgan fingerprint density at radius 2 is 2.30 bits per heavy atom. The van der Waals surface area contributed by atoms with Crippen LogP contribution in [0.5, 0.6) is 0 Å². The van der Waals surface area contributed by atoms with Crippen LogP contribution in [0, 0.1) is 0 Å². The Morgan fingerprint density at radius 1 is 1.60 bits per heavy atom. The first-order chi connectivity index (χ1) is 4.81. The van der Waals surface area contributed by atoms with Crippen molar-refractivity contribution in [2.24, 2.45) is 0 Å². The van der Waals surface area contributed by atoms with Crippen LogP contribution in [0.1, 0.15) is 19.8 Å².